The first-order valence-electron chi connectivity index (χ1n) is 12.3. The number of pyridine rings is 1. The normalized spacial score (nSPS) is 24.9. The van der Waals surface area contributed by atoms with Crippen LogP contribution in [0.4, 0.5) is 11.8 Å². The third kappa shape index (κ3) is 5.11. The van der Waals surface area contributed by atoms with E-state index in [4.69, 9.17) is 19.7 Å². The lowest BCUT2D eigenvalue weighted by atomic mass is 9.89. The minimum Gasteiger partial charge on any atom is -0.390 e. The van der Waals surface area contributed by atoms with Crippen LogP contribution >= 0.6 is 11.3 Å². The summed E-state index contributed by atoms with van der Waals surface area (Å²) in [5.74, 6) is 1.42. The minimum absolute atomic E-state index is 0.192. The van der Waals surface area contributed by atoms with Crippen molar-refractivity contribution in [2.45, 2.75) is 70.6 Å². The second-order valence-electron chi connectivity index (χ2n) is 10.5. The molecule has 0 spiro atoms. The summed E-state index contributed by atoms with van der Waals surface area (Å²) in [6.07, 6.45) is 5.18. The third-order valence-corrected chi connectivity index (χ3v) is 8.26. The van der Waals surface area contributed by atoms with Crippen LogP contribution in [0.1, 0.15) is 50.9 Å². The second-order valence-corrected chi connectivity index (χ2v) is 11.5. The van der Waals surface area contributed by atoms with Crippen LogP contribution in [0.5, 0.6) is 0 Å². The molecule has 1 saturated heterocycles. The van der Waals surface area contributed by atoms with Gasteiger partial charge in [-0.3, -0.25) is 4.98 Å². The lowest BCUT2D eigenvalue weighted by Crippen LogP contribution is -2.37. The summed E-state index contributed by atoms with van der Waals surface area (Å²) in [6.45, 7) is 8.89. The Labute approximate surface area is 209 Å². The Morgan fingerprint density at radius 1 is 1.20 bits per heavy atom. The summed E-state index contributed by atoms with van der Waals surface area (Å²) in [5.41, 5.74) is 1.86. The number of anilines is 2. The monoisotopic (exact) mass is 498 g/mol. The van der Waals surface area contributed by atoms with E-state index in [-0.39, 0.29) is 12.0 Å². The van der Waals surface area contributed by atoms with E-state index in [2.05, 4.69) is 15.6 Å². The third-order valence-electron chi connectivity index (χ3n) is 7.22. The van der Waals surface area contributed by atoms with E-state index in [0.717, 1.165) is 57.3 Å². The molecule has 3 atom stereocenters. The summed E-state index contributed by atoms with van der Waals surface area (Å²) >= 11 is 1.61. The van der Waals surface area contributed by atoms with Gasteiger partial charge in [0.1, 0.15) is 21.9 Å². The number of nitrogens with one attached hydrogen (secondary N) is 2. The van der Waals surface area contributed by atoms with E-state index in [1.807, 2.05) is 40.0 Å². The highest BCUT2D eigenvalue weighted by atomic mass is 32.1. The van der Waals surface area contributed by atoms with Crippen molar-refractivity contribution in [1.29, 1.82) is 0 Å². The molecule has 1 saturated carbocycles. The van der Waals surface area contributed by atoms with Crippen LogP contribution in [-0.2, 0) is 4.74 Å². The zero-order valence-corrected chi connectivity index (χ0v) is 21.6. The van der Waals surface area contributed by atoms with E-state index in [1.54, 1.807) is 11.3 Å². The van der Waals surface area contributed by atoms with Gasteiger partial charge in [0.25, 0.3) is 0 Å². The van der Waals surface area contributed by atoms with Crippen LogP contribution < -0.4 is 10.6 Å². The molecule has 10 heteroatoms. The van der Waals surface area contributed by atoms with Gasteiger partial charge in [-0.25, -0.2) is 9.97 Å². The summed E-state index contributed by atoms with van der Waals surface area (Å²) in [4.78, 5) is 18.9. The number of aryl methyl sites for hydroxylation is 2. The standard InChI is InChI=1S/C25H34N6O3S/c1-14-19(22-30-20-15(2)26-9-7-18(20)35-22)21(29-17-6-5-16(11-17)24(3,4)32)31-23(28-14)27-12-25(33)8-10-34-13-25/h7,9,16-17,32-33H,5-6,8,10-13H2,1-4H3,(H2,27,28,29,31). The molecule has 0 aromatic carbocycles. The van der Waals surface area contributed by atoms with Crippen molar-refractivity contribution in [3.8, 4) is 10.6 Å². The van der Waals surface area contributed by atoms with Gasteiger partial charge in [-0.15, -0.1) is 11.3 Å². The maximum atomic E-state index is 10.7. The molecule has 4 heterocycles. The molecule has 188 valence electrons. The zero-order chi connectivity index (χ0) is 24.8. The molecule has 3 aromatic rings. The number of hydrogen-bond donors (Lipinski definition) is 4. The molecule has 0 amide bonds. The van der Waals surface area contributed by atoms with Crippen LogP contribution in [0.2, 0.25) is 0 Å². The highest BCUT2D eigenvalue weighted by Gasteiger charge is 2.36. The quantitative estimate of drug-likeness (QED) is 0.386. The molecule has 0 radical (unpaired) electrons. The Hall–Kier alpha value is -2.40. The molecule has 5 rings (SSSR count). The van der Waals surface area contributed by atoms with Gasteiger partial charge in [-0.05, 0) is 58.9 Å². The summed E-state index contributed by atoms with van der Waals surface area (Å²) in [6, 6.07) is 2.18. The largest absolute Gasteiger partial charge is 0.390 e. The van der Waals surface area contributed by atoms with Gasteiger partial charge in [-0.2, -0.15) is 4.98 Å². The van der Waals surface area contributed by atoms with Crippen LogP contribution in [0.15, 0.2) is 12.3 Å². The molecule has 3 unspecified atom stereocenters. The maximum absolute atomic E-state index is 10.7. The van der Waals surface area contributed by atoms with Gasteiger partial charge >= 0.3 is 0 Å². The number of aromatic nitrogens is 4. The molecule has 35 heavy (non-hydrogen) atoms. The molecule has 1 aliphatic heterocycles. The van der Waals surface area contributed by atoms with E-state index in [1.165, 1.54) is 0 Å². The number of hydrogen-bond acceptors (Lipinski definition) is 10. The van der Waals surface area contributed by atoms with Crippen LogP contribution in [0.25, 0.3) is 20.8 Å². The highest BCUT2D eigenvalue weighted by molar-refractivity contribution is 7.21. The number of aliphatic hydroxyl groups is 2. The maximum Gasteiger partial charge on any atom is 0.225 e. The van der Waals surface area contributed by atoms with Gasteiger partial charge in [0.05, 0.1) is 33.9 Å². The molecular weight excluding hydrogens is 464 g/mol. The van der Waals surface area contributed by atoms with Crippen molar-refractivity contribution in [1.82, 2.24) is 19.9 Å². The minimum atomic E-state index is -0.910. The first-order chi connectivity index (χ1) is 16.6. The van der Waals surface area contributed by atoms with Crippen LogP contribution in [0.3, 0.4) is 0 Å². The first-order valence-corrected chi connectivity index (χ1v) is 13.1. The Kier molecular flexibility index (Phi) is 6.41. The number of ether oxygens (including phenoxy) is 1. The van der Waals surface area contributed by atoms with Gasteiger partial charge in [-0.1, -0.05) is 0 Å². The number of fused-ring (bicyclic) bond motifs is 1. The molecule has 3 aromatic heterocycles. The van der Waals surface area contributed by atoms with Crippen molar-refractivity contribution >= 4 is 33.3 Å². The van der Waals surface area contributed by atoms with Gasteiger partial charge in [0.15, 0.2) is 0 Å². The zero-order valence-electron chi connectivity index (χ0n) is 20.8. The summed E-state index contributed by atoms with van der Waals surface area (Å²) in [7, 11) is 0. The van der Waals surface area contributed by atoms with Crippen molar-refractivity contribution < 1.29 is 14.9 Å². The molecular formula is C25H34N6O3S. The number of rotatable bonds is 7. The highest BCUT2D eigenvalue weighted by Crippen LogP contribution is 2.40. The molecule has 0 bridgehead atoms. The Morgan fingerprint density at radius 2 is 2.03 bits per heavy atom. The van der Waals surface area contributed by atoms with E-state index >= 15 is 0 Å². The molecule has 9 nitrogen and oxygen atoms in total. The van der Waals surface area contributed by atoms with Crippen molar-refractivity contribution in [2.24, 2.45) is 5.92 Å². The Bertz CT molecular complexity index is 1220. The van der Waals surface area contributed by atoms with Crippen LogP contribution in [-0.4, -0.2) is 67.2 Å². The van der Waals surface area contributed by atoms with Gasteiger partial charge in [0.2, 0.25) is 5.95 Å². The average molecular weight is 499 g/mol. The lowest BCUT2D eigenvalue weighted by Gasteiger charge is -2.26. The molecule has 4 N–H and O–H groups in total. The van der Waals surface area contributed by atoms with Crippen molar-refractivity contribution in [2.75, 3.05) is 30.4 Å². The fraction of sp³-hybridized carbons (Fsp3) is 0.600. The Balaban J connectivity index is 1.48. The molecule has 2 aliphatic rings. The molecule has 2 fully saturated rings. The van der Waals surface area contributed by atoms with Crippen LogP contribution in [0, 0.1) is 19.8 Å². The summed E-state index contributed by atoms with van der Waals surface area (Å²) in [5, 5.41) is 28.9. The number of nitrogens with zero attached hydrogens (tertiary/aromatic N) is 4. The second kappa shape index (κ2) is 9.24. The summed E-state index contributed by atoms with van der Waals surface area (Å²) < 4.78 is 6.44. The van der Waals surface area contributed by atoms with E-state index < -0.39 is 11.2 Å². The van der Waals surface area contributed by atoms with E-state index in [0.29, 0.717) is 32.1 Å². The van der Waals surface area contributed by atoms with Gasteiger partial charge in [0, 0.05) is 31.8 Å². The average Bonchev–Trinajstić information content (AvgIpc) is 3.52. The first kappa shape index (κ1) is 24.3. The lowest BCUT2D eigenvalue weighted by molar-refractivity contribution is 0.0197. The molecule has 1 aliphatic carbocycles. The van der Waals surface area contributed by atoms with Crippen molar-refractivity contribution in [3.05, 3.63) is 23.7 Å². The van der Waals surface area contributed by atoms with Crippen molar-refractivity contribution in [3.63, 3.8) is 0 Å². The fourth-order valence-corrected chi connectivity index (χ4v) is 6.14. The SMILES string of the molecule is Cc1nc(NCC2(O)CCOC2)nc(NC2CCC(C(C)(C)O)C2)c1-c1nc2c(C)nccc2s1. The fourth-order valence-electron chi connectivity index (χ4n) is 5.03. The predicted molar refractivity (Wildman–Crippen MR) is 138 cm³/mol. The predicted octanol–water partition coefficient (Wildman–Crippen LogP) is 3.68. The topological polar surface area (TPSA) is 125 Å². The van der Waals surface area contributed by atoms with E-state index in [9.17, 15) is 10.2 Å². The van der Waals surface area contributed by atoms with Gasteiger partial charge < -0.3 is 25.6 Å². The number of thiazole rings is 1. The Morgan fingerprint density at radius 3 is 2.71 bits per heavy atom. The smallest absolute Gasteiger partial charge is 0.225 e.